The maximum absolute atomic E-state index is 12.5. The fourth-order valence-corrected chi connectivity index (χ4v) is 3.30. The van der Waals surface area contributed by atoms with E-state index in [-0.39, 0.29) is 35.7 Å². The summed E-state index contributed by atoms with van der Waals surface area (Å²) < 4.78 is 5.07. The molecule has 2 atom stereocenters. The summed E-state index contributed by atoms with van der Waals surface area (Å²) >= 11 is 0. The van der Waals surface area contributed by atoms with Crippen molar-refractivity contribution < 1.29 is 24.1 Å². The highest BCUT2D eigenvalue weighted by molar-refractivity contribution is 5.95. The highest BCUT2D eigenvalue weighted by Crippen LogP contribution is 2.30. The molecule has 8 nitrogen and oxygen atoms in total. The number of anilines is 1. The first-order chi connectivity index (χ1) is 12.3. The van der Waals surface area contributed by atoms with Crippen LogP contribution in [-0.2, 0) is 14.3 Å². The minimum Gasteiger partial charge on any atom is -0.466 e. The van der Waals surface area contributed by atoms with E-state index in [1.54, 1.807) is 19.9 Å². The van der Waals surface area contributed by atoms with Crippen molar-refractivity contribution >= 4 is 23.3 Å². The van der Waals surface area contributed by atoms with Gasteiger partial charge in [0.25, 0.3) is 11.6 Å². The number of aryl methyl sites for hydroxylation is 1. The summed E-state index contributed by atoms with van der Waals surface area (Å²) in [5.74, 6) is -0.696. The van der Waals surface area contributed by atoms with E-state index in [4.69, 9.17) is 4.74 Å². The molecule has 1 amide bonds. The summed E-state index contributed by atoms with van der Waals surface area (Å²) in [5.41, 5.74) is 1.70. The van der Waals surface area contributed by atoms with Gasteiger partial charge in [-0.2, -0.15) is 0 Å². The smallest absolute Gasteiger partial charge is 0.314 e. The van der Waals surface area contributed by atoms with Gasteiger partial charge in [0, 0.05) is 6.07 Å². The molecule has 1 saturated heterocycles. The Morgan fingerprint density at radius 3 is 2.77 bits per heavy atom. The predicted octanol–water partition coefficient (Wildman–Crippen LogP) is 1.01. The van der Waals surface area contributed by atoms with Gasteiger partial charge >= 0.3 is 5.97 Å². The number of nitrogens with zero attached hydrogens (tertiary/aromatic N) is 1. The molecule has 142 valence electrons. The summed E-state index contributed by atoms with van der Waals surface area (Å²) in [5, 5.41) is 13.9. The van der Waals surface area contributed by atoms with Crippen LogP contribution in [0.1, 0.15) is 30.9 Å². The Morgan fingerprint density at radius 2 is 2.12 bits per heavy atom. The number of likely N-dealkylation sites (tertiary alicyclic amines) is 1. The molecular formula is C18H26N3O5+. The van der Waals surface area contributed by atoms with Crippen LogP contribution < -0.4 is 10.2 Å². The van der Waals surface area contributed by atoms with Crippen molar-refractivity contribution in [3.05, 3.63) is 33.4 Å². The Labute approximate surface area is 152 Å². The largest absolute Gasteiger partial charge is 0.466 e. The minimum atomic E-state index is -0.493. The normalized spacial score (nSPS) is 19.7. The molecule has 26 heavy (non-hydrogen) atoms. The third-order valence-corrected chi connectivity index (χ3v) is 4.82. The van der Waals surface area contributed by atoms with Crippen molar-refractivity contribution in [2.45, 2.75) is 33.6 Å². The molecule has 1 aliphatic heterocycles. The molecule has 0 saturated carbocycles. The number of carbonyl (C=O) groups excluding carboxylic acids is 2. The Hall–Kier alpha value is -2.48. The molecule has 0 aliphatic carbocycles. The predicted molar refractivity (Wildman–Crippen MR) is 96.1 cm³/mol. The van der Waals surface area contributed by atoms with Crippen molar-refractivity contribution in [1.29, 1.82) is 0 Å². The molecule has 2 N–H and O–H groups in total. The fraction of sp³-hybridized carbons (Fsp3) is 0.556. The second-order valence-corrected chi connectivity index (χ2v) is 6.68. The second-order valence-electron chi connectivity index (χ2n) is 6.68. The van der Waals surface area contributed by atoms with Gasteiger partial charge in [-0.05, 0) is 44.7 Å². The van der Waals surface area contributed by atoms with Crippen LogP contribution in [0.15, 0.2) is 12.1 Å². The number of benzene rings is 1. The number of nitro groups is 1. The van der Waals surface area contributed by atoms with Crippen molar-refractivity contribution in [2.24, 2.45) is 5.92 Å². The van der Waals surface area contributed by atoms with Gasteiger partial charge in [-0.15, -0.1) is 0 Å². The van der Waals surface area contributed by atoms with Gasteiger partial charge in [0.05, 0.1) is 24.6 Å². The number of hydrogen-bond donors (Lipinski definition) is 2. The van der Waals surface area contributed by atoms with Crippen LogP contribution in [0.25, 0.3) is 0 Å². The summed E-state index contributed by atoms with van der Waals surface area (Å²) in [6.45, 7) is 7.22. The molecule has 0 spiro atoms. The number of ether oxygens (including phenoxy) is 1. The zero-order chi connectivity index (χ0) is 19.3. The number of hydrogen-bond acceptors (Lipinski definition) is 5. The van der Waals surface area contributed by atoms with Crippen LogP contribution in [0, 0.1) is 29.9 Å². The van der Waals surface area contributed by atoms with Crippen LogP contribution in [0.5, 0.6) is 0 Å². The monoisotopic (exact) mass is 364 g/mol. The Kier molecular flexibility index (Phi) is 6.68. The quantitative estimate of drug-likeness (QED) is 0.445. The molecule has 1 aliphatic rings. The Bertz CT molecular complexity index is 704. The van der Waals surface area contributed by atoms with E-state index in [0.29, 0.717) is 18.7 Å². The van der Waals surface area contributed by atoms with Crippen molar-refractivity contribution in [3.8, 4) is 0 Å². The summed E-state index contributed by atoms with van der Waals surface area (Å²) in [6.07, 6.45) is 1.61. The second kappa shape index (κ2) is 8.75. The van der Waals surface area contributed by atoms with Gasteiger partial charge in [0.1, 0.15) is 11.6 Å². The lowest BCUT2D eigenvalue weighted by molar-refractivity contribution is -0.899. The topological polar surface area (TPSA) is 103 Å². The van der Waals surface area contributed by atoms with Gasteiger partial charge in [0.15, 0.2) is 6.54 Å². The number of carbonyl (C=O) groups is 2. The molecule has 8 heteroatoms. The number of quaternary nitrogens is 1. The standard InChI is InChI=1S/C18H25N3O5/c1-4-26-18(23)14-6-5-9-20(10-14)11-16(22)19-17-13(3)12(2)7-8-15(17)21(24)25/h7-8,14H,4-6,9-11H2,1-3H3,(H,19,22)/p+1/t14-/m1/s1. The van der Waals surface area contributed by atoms with E-state index in [1.165, 1.54) is 6.07 Å². The lowest BCUT2D eigenvalue weighted by atomic mass is 9.98. The molecule has 1 aromatic rings. The zero-order valence-electron chi connectivity index (χ0n) is 15.5. The lowest BCUT2D eigenvalue weighted by Crippen LogP contribution is -3.14. The molecule has 1 aromatic carbocycles. The van der Waals surface area contributed by atoms with Crippen LogP contribution in [0.4, 0.5) is 11.4 Å². The highest BCUT2D eigenvalue weighted by atomic mass is 16.6. The maximum atomic E-state index is 12.5. The minimum absolute atomic E-state index is 0.112. The first-order valence-corrected chi connectivity index (χ1v) is 8.88. The van der Waals surface area contributed by atoms with Gasteiger partial charge in [-0.1, -0.05) is 6.07 Å². The lowest BCUT2D eigenvalue weighted by Gasteiger charge is -2.28. The highest BCUT2D eigenvalue weighted by Gasteiger charge is 2.31. The van der Waals surface area contributed by atoms with Crippen LogP contribution in [-0.4, -0.2) is 43.0 Å². The number of rotatable bonds is 6. The first kappa shape index (κ1) is 19.8. The third kappa shape index (κ3) is 4.78. The van der Waals surface area contributed by atoms with E-state index in [2.05, 4.69) is 5.32 Å². The van der Waals surface area contributed by atoms with Gasteiger partial charge < -0.3 is 15.0 Å². The Balaban J connectivity index is 2.04. The van der Waals surface area contributed by atoms with Gasteiger partial charge in [-0.3, -0.25) is 19.7 Å². The van der Waals surface area contributed by atoms with Crippen molar-refractivity contribution in [3.63, 3.8) is 0 Å². The summed E-state index contributed by atoms with van der Waals surface area (Å²) in [7, 11) is 0. The number of esters is 1. The van der Waals surface area contributed by atoms with E-state index in [1.807, 2.05) is 6.92 Å². The maximum Gasteiger partial charge on any atom is 0.314 e. The average molecular weight is 364 g/mol. The van der Waals surface area contributed by atoms with Crippen molar-refractivity contribution in [1.82, 2.24) is 0 Å². The number of piperidine rings is 1. The number of nitro benzene ring substituents is 1. The molecule has 1 unspecified atom stereocenters. The number of nitrogens with one attached hydrogen (secondary N) is 2. The van der Waals surface area contributed by atoms with E-state index in [0.717, 1.165) is 29.8 Å². The fourth-order valence-electron chi connectivity index (χ4n) is 3.30. The molecular weight excluding hydrogens is 338 g/mol. The third-order valence-electron chi connectivity index (χ3n) is 4.82. The van der Waals surface area contributed by atoms with Gasteiger partial charge in [-0.25, -0.2) is 0 Å². The molecule has 2 rings (SSSR count). The van der Waals surface area contributed by atoms with Crippen LogP contribution in [0.3, 0.4) is 0 Å². The molecule has 0 aromatic heterocycles. The molecule has 1 heterocycles. The Morgan fingerprint density at radius 1 is 1.38 bits per heavy atom. The molecule has 0 radical (unpaired) electrons. The van der Waals surface area contributed by atoms with E-state index in [9.17, 15) is 19.7 Å². The molecule has 0 bridgehead atoms. The van der Waals surface area contributed by atoms with Crippen LogP contribution >= 0.6 is 0 Å². The molecule has 1 fully saturated rings. The first-order valence-electron chi connectivity index (χ1n) is 8.88. The van der Waals surface area contributed by atoms with Crippen molar-refractivity contribution in [2.75, 3.05) is 31.6 Å². The van der Waals surface area contributed by atoms with Gasteiger partial charge in [0.2, 0.25) is 0 Å². The summed E-state index contributed by atoms with van der Waals surface area (Å²) in [4.78, 5) is 36.1. The van der Waals surface area contributed by atoms with E-state index >= 15 is 0 Å². The number of amides is 1. The van der Waals surface area contributed by atoms with E-state index < -0.39 is 4.92 Å². The summed E-state index contributed by atoms with van der Waals surface area (Å²) in [6, 6.07) is 3.07. The average Bonchev–Trinajstić information content (AvgIpc) is 2.59. The zero-order valence-corrected chi connectivity index (χ0v) is 15.5. The SMILES string of the molecule is CCOC(=O)[C@@H]1CCC[NH+](CC(=O)Nc2c([N+](=O)[O-])ccc(C)c2C)C1. The van der Waals surface area contributed by atoms with Crippen LogP contribution in [0.2, 0.25) is 0 Å².